The maximum atomic E-state index is 12.3. The van der Waals surface area contributed by atoms with Gasteiger partial charge in [0, 0.05) is 6.54 Å². The molecule has 0 aliphatic heterocycles. The van der Waals surface area contributed by atoms with E-state index < -0.39 is 6.61 Å². The van der Waals surface area contributed by atoms with E-state index >= 15 is 0 Å². The van der Waals surface area contributed by atoms with Crippen molar-refractivity contribution in [1.82, 2.24) is 5.32 Å². The summed E-state index contributed by atoms with van der Waals surface area (Å²) >= 11 is 0. The SMILES string of the molecule is COc1cc(CNC(=O)C[NH2+][C@H](C)c2ccco2)ccc1OC(F)F. The van der Waals surface area contributed by atoms with Crippen LogP contribution in [0.25, 0.3) is 0 Å². The molecule has 1 atom stereocenters. The molecule has 2 rings (SSSR count). The number of amides is 1. The first-order valence-electron chi connectivity index (χ1n) is 7.74. The van der Waals surface area contributed by atoms with Gasteiger partial charge in [0.15, 0.2) is 23.8 Å². The molecule has 0 saturated carbocycles. The lowest BCUT2D eigenvalue weighted by molar-refractivity contribution is -0.684. The van der Waals surface area contributed by atoms with Gasteiger partial charge in [0.25, 0.3) is 5.91 Å². The van der Waals surface area contributed by atoms with Crippen LogP contribution in [0, 0.1) is 0 Å². The number of methoxy groups -OCH3 is 1. The second kappa shape index (κ2) is 9.03. The van der Waals surface area contributed by atoms with Gasteiger partial charge < -0.3 is 24.5 Å². The van der Waals surface area contributed by atoms with Crippen LogP contribution < -0.4 is 20.1 Å². The molecule has 0 spiro atoms. The number of nitrogens with one attached hydrogen (secondary N) is 1. The van der Waals surface area contributed by atoms with Crippen molar-refractivity contribution in [1.29, 1.82) is 0 Å². The minimum absolute atomic E-state index is 0.0339. The van der Waals surface area contributed by atoms with E-state index in [4.69, 9.17) is 9.15 Å². The molecule has 0 aliphatic carbocycles. The summed E-state index contributed by atoms with van der Waals surface area (Å²) in [7, 11) is 1.36. The van der Waals surface area contributed by atoms with Crippen LogP contribution in [-0.4, -0.2) is 26.2 Å². The number of rotatable bonds is 9. The molecule has 6 nitrogen and oxygen atoms in total. The van der Waals surface area contributed by atoms with Crippen LogP contribution in [0.15, 0.2) is 41.0 Å². The van der Waals surface area contributed by atoms with Crippen LogP contribution in [0.4, 0.5) is 8.78 Å². The lowest BCUT2D eigenvalue weighted by atomic mass is 10.2. The summed E-state index contributed by atoms with van der Waals surface area (Å²) in [6.45, 7) is -0.483. The van der Waals surface area contributed by atoms with Crippen molar-refractivity contribution in [3.63, 3.8) is 0 Å². The first-order valence-corrected chi connectivity index (χ1v) is 7.74. The number of furan rings is 1. The Morgan fingerprint density at radius 3 is 2.76 bits per heavy atom. The fourth-order valence-electron chi connectivity index (χ4n) is 2.24. The van der Waals surface area contributed by atoms with E-state index in [1.807, 2.05) is 18.3 Å². The average Bonchev–Trinajstić information content (AvgIpc) is 3.13. The van der Waals surface area contributed by atoms with Gasteiger partial charge in [0.05, 0.1) is 13.4 Å². The van der Waals surface area contributed by atoms with E-state index in [0.717, 1.165) is 5.76 Å². The third kappa shape index (κ3) is 5.75. The van der Waals surface area contributed by atoms with Crippen LogP contribution in [0.5, 0.6) is 11.5 Å². The Morgan fingerprint density at radius 2 is 2.12 bits per heavy atom. The molecular formula is C17H21F2N2O4+. The average molecular weight is 355 g/mol. The predicted molar refractivity (Wildman–Crippen MR) is 85.4 cm³/mol. The molecule has 0 unspecified atom stereocenters. The molecule has 1 amide bonds. The van der Waals surface area contributed by atoms with Crippen LogP contribution in [-0.2, 0) is 11.3 Å². The van der Waals surface area contributed by atoms with Gasteiger partial charge in [0.1, 0.15) is 6.04 Å². The highest BCUT2D eigenvalue weighted by Crippen LogP contribution is 2.29. The molecule has 1 aromatic carbocycles. The maximum absolute atomic E-state index is 12.3. The standard InChI is InChI=1S/C17H20F2N2O4/c1-11(13-4-3-7-24-13)20-10-16(22)21-9-12-5-6-14(25-17(18)19)15(8-12)23-2/h3-8,11,17,20H,9-10H2,1-2H3,(H,21,22)/p+1/t11-/m1/s1. The zero-order valence-electron chi connectivity index (χ0n) is 14.0. The van der Waals surface area contributed by atoms with Gasteiger partial charge >= 0.3 is 6.61 Å². The summed E-state index contributed by atoms with van der Waals surface area (Å²) < 4.78 is 39.3. The van der Waals surface area contributed by atoms with Crippen molar-refractivity contribution in [3.05, 3.63) is 47.9 Å². The van der Waals surface area contributed by atoms with E-state index in [1.165, 1.54) is 13.2 Å². The molecule has 1 heterocycles. The number of hydrogen-bond donors (Lipinski definition) is 2. The van der Waals surface area contributed by atoms with Crippen molar-refractivity contribution in [3.8, 4) is 11.5 Å². The number of quaternary nitrogens is 1. The smallest absolute Gasteiger partial charge is 0.387 e. The number of carbonyl (C=O) groups is 1. The first-order chi connectivity index (χ1) is 12.0. The van der Waals surface area contributed by atoms with Crippen molar-refractivity contribution in [2.45, 2.75) is 26.1 Å². The number of carbonyl (C=O) groups excluding carboxylic acids is 1. The number of halogens is 2. The minimum atomic E-state index is -2.92. The van der Waals surface area contributed by atoms with E-state index in [0.29, 0.717) is 5.56 Å². The minimum Gasteiger partial charge on any atom is -0.493 e. The van der Waals surface area contributed by atoms with E-state index in [-0.39, 0.29) is 36.5 Å². The third-order valence-corrected chi connectivity index (χ3v) is 3.58. The molecule has 25 heavy (non-hydrogen) atoms. The highest BCUT2D eigenvalue weighted by atomic mass is 19.3. The van der Waals surface area contributed by atoms with Crippen LogP contribution >= 0.6 is 0 Å². The van der Waals surface area contributed by atoms with Crippen molar-refractivity contribution in [2.24, 2.45) is 0 Å². The summed E-state index contributed by atoms with van der Waals surface area (Å²) in [5.41, 5.74) is 0.714. The van der Waals surface area contributed by atoms with Gasteiger partial charge in [-0.1, -0.05) is 6.07 Å². The molecule has 3 N–H and O–H groups in total. The Hall–Kier alpha value is -2.61. The van der Waals surface area contributed by atoms with E-state index in [1.54, 1.807) is 24.5 Å². The van der Waals surface area contributed by atoms with Crippen LogP contribution in [0.2, 0.25) is 0 Å². The van der Waals surface area contributed by atoms with E-state index in [9.17, 15) is 13.6 Å². The summed E-state index contributed by atoms with van der Waals surface area (Å²) in [6.07, 6.45) is 1.59. The van der Waals surface area contributed by atoms with Crippen molar-refractivity contribution < 1.29 is 32.8 Å². The number of benzene rings is 1. The molecule has 0 aliphatic rings. The molecule has 0 fully saturated rings. The van der Waals surface area contributed by atoms with Gasteiger partial charge in [-0.05, 0) is 36.8 Å². The number of ether oxygens (including phenoxy) is 2. The predicted octanol–water partition coefficient (Wildman–Crippen LogP) is 1.83. The normalized spacial score (nSPS) is 12.0. The fraction of sp³-hybridized carbons (Fsp3) is 0.353. The van der Waals surface area contributed by atoms with Crippen LogP contribution in [0.1, 0.15) is 24.3 Å². The van der Waals surface area contributed by atoms with Gasteiger partial charge in [-0.3, -0.25) is 4.79 Å². The Labute approximate surface area is 144 Å². The molecule has 8 heteroatoms. The monoisotopic (exact) mass is 355 g/mol. The number of alkyl halides is 2. The van der Waals surface area contributed by atoms with Gasteiger partial charge in [0.2, 0.25) is 0 Å². The molecule has 136 valence electrons. The van der Waals surface area contributed by atoms with E-state index in [2.05, 4.69) is 10.1 Å². The zero-order valence-corrected chi connectivity index (χ0v) is 14.0. The maximum Gasteiger partial charge on any atom is 0.387 e. The third-order valence-electron chi connectivity index (χ3n) is 3.58. The second-order valence-electron chi connectivity index (χ2n) is 5.38. The van der Waals surface area contributed by atoms with Gasteiger partial charge in [-0.2, -0.15) is 8.78 Å². The number of hydrogen-bond acceptors (Lipinski definition) is 4. The first kappa shape index (κ1) is 18.7. The molecule has 0 radical (unpaired) electrons. The Kier molecular flexibility index (Phi) is 6.76. The molecule has 0 bridgehead atoms. The second-order valence-corrected chi connectivity index (χ2v) is 5.38. The summed E-state index contributed by atoms with van der Waals surface area (Å²) in [5.74, 6) is 0.788. The molecular weight excluding hydrogens is 334 g/mol. The topological polar surface area (TPSA) is 77.3 Å². The Bertz CT molecular complexity index is 677. The summed E-state index contributed by atoms with van der Waals surface area (Å²) in [6, 6.07) is 8.22. The largest absolute Gasteiger partial charge is 0.493 e. The molecule has 1 aromatic heterocycles. The highest BCUT2D eigenvalue weighted by molar-refractivity contribution is 5.76. The Balaban J connectivity index is 1.82. The quantitative estimate of drug-likeness (QED) is 0.719. The van der Waals surface area contributed by atoms with Gasteiger partial charge in [-0.15, -0.1) is 0 Å². The fourth-order valence-corrected chi connectivity index (χ4v) is 2.24. The van der Waals surface area contributed by atoms with Crippen LogP contribution in [0.3, 0.4) is 0 Å². The molecule has 0 saturated heterocycles. The van der Waals surface area contributed by atoms with Crippen molar-refractivity contribution >= 4 is 5.91 Å². The number of nitrogens with two attached hydrogens (primary N) is 1. The Morgan fingerprint density at radius 1 is 1.32 bits per heavy atom. The lowest BCUT2D eigenvalue weighted by Gasteiger charge is -2.12. The molecule has 2 aromatic rings. The van der Waals surface area contributed by atoms with Gasteiger partial charge in [-0.25, -0.2) is 0 Å². The lowest BCUT2D eigenvalue weighted by Crippen LogP contribution is -2.86. The van der Waals surface area contributed by atoms with Crippen molar-refractivity contribution in [2.75, 3.05) is 13.7 Å². The zero-order chi connectivity index (χ0) is 18.2. The highest BCUT2D eigenvalue weighted by Gasteiger charge is 2.14. The summed E-state index contributed by atoms with van der Waals surface area (Å²) in [4.78, 5) is 11.9. The summed E-state index contributed by atoms with van der Waals surface area (Å²) in [5, 5.41) is 4.62.